The van der Waals surface area contributed by atoms with Crippen LogP contribution < -0.4 is 5.73 Å². The van der Waals surface area contributed by atoms with Gasteiger partial charge < -0.3 is 10.8 Å². The average Bonchev–Trinajstić information content (AvgIpc) is 2.45. The van der Waals surface area contributed by atoms with Crippen molar-refractivity contribution < 1.29 is 5.11 Å². The van der Waals surface area contributed by atoms with Crippen LogP contribution in [0.25, 0.3) is 0 Å². The van der Waals surface area contributed by atoms with Gasteiger partial charge in [0.2, 0.25) is 0 Å². The molecule has 0 saturated carbocycles. The van der Waals surface area contributed by atoms with Crippen LogP contribution in [-0.2, 0) is 0 Å². The molecule has 3 N–H and O–H groups in total. The van der Waals surface area contributed by atoms with Gasteiger partial charge in [-0.05, 0) is 25.8 Å². The summed E-state index contributed by atoms with van der Waals surface area (Å²) in [5, 5.41) is 9.28. The summed E-state index contributed by atoms with van der Waals surface area (Å²) >= 11 is 4.90. The minimum absolute atomic E-state index is 0.239. The van der Waals surface area contributed by atoms with Crippen LogP contribution in [0.3, 0.4) is 0 Å². The maximum Gasteiger partial charge on any atom is 0.0742 e. The largest absolute Gasteiger partial charge is 0.395 e. The number of aliphatic hydroxyl groups is 1. The molecule has 3 atom stereocenters. The van der Waals surface area contributed by atoms with E-state index in [1.807, 2.05) is 0 Å². The Morgan fingerprint density at radius 2 is 2.36 bits per heavy atom. The SMILES string of the molecule is CC1CCN(C(C)CC(N)=S)C1CO. The third-order valence-electron chi connectivity index (χ3n) is 3.18. The van der Waals surface area contributed by atoms with E-state index in [2.05, 4.69) is 18.7 Å². The second-order valence-electron chi connectivity index (χ2n) is 4.27. The first-order valence-electron chi connectivity index (χ1n) is 5.21. The molecule has 0 aromatic rings. The van der Waals surface area contributed by atoms with Gasteiger partial charge in [0.05, 0.1) is 11.6 Å². The van der Waals surface area contributed by atoms with Crippen LogP contribution in [0, 0.1) is 5.92 Å². The molecule has 0 aliphatic carbocycles. The van der Waals surface area contributed by atoms with Gasteiger partial charge in [-0.15, -0.1) is 0 Å². The summed E-state index contributed by atoms with van der Waals surface area (Å²) in [5.41, 5.74) is 5.52. The van der Waals surface area contributed by atoms with E-state index in [9.17, 15) is 5.11 Å². The van der Waals surface area contributed by atoms with Crippen LogP contribution in [-0.4, -0.2) is 40.2 Å². The van der Waals surface area contributed by atoms with Crippen LogP contribution in [0.2, 0.25) is 0 Å². The van der Waals surface area contributed by atoms with Gasteiger partial charge in [-0.2, -0.15) is 0 Å². The summed E-state index contributed by atoms with van der Waals surface area (Å²) in [5.74, 6) is 0.578. The Bertz CT molecular complexity index is 210. The molecule has 1 saturated heterocycles. The molecule has 1 aliphatic rings. The molecule has 0 aromatic carbocycles. The van der Waals surface area contributed by atoms with Crippen LogP contribution in [0.1, 0.15) is 26.7 Å². The minimum atomic E-state index is 0.239. The van der Waals surface area contributed by atoms with Gasteiger partial charge in [0.1, 0.15) is 0 Å². The van der Waals surface area contributed by atoms with Crippen molar-refractivity contribution >= 4 is 17.2 Å². The van der Waals surface area contributed by atoms with E-state index >= 15 is 0 Å². The van der Waals surface area contributed by atoms with Gasteiger partial charge in [0.15, 0.2) is 0 Å². The summed E-state index contributed by atoms with van der Waals surface area (Å²) in [6, 6.07) is 0.647. The first kappa shape index (κ1) is 11.9. The van der Waals surface area contributed by atoms with Gasteiger partial charge in [-0.1, -0.05) is 19.1 Å². The molecule has 1 aliphatic heterocycles. The molecule has 0 bridgehead atoms. The fourth-order valence-corrected chi connectivity index (χ4v) is 2.52. The topological polar surface area (TPSA) is 49.5 Å². The molecular weight excluding hydrogens is 196 g/mol. The third-order valence-corrected chi connectivity index (χ3v) is 3.34. The normalized spacial score (nSPS) is 30.5. The average molecular weight is 216 g/mol. The fraction of sp³-hybridized carbons (Fsp3) is 0.900. The Labute approximate surface area is 91.3 Å². The zero-order valence-electron chi connectivity index (χ0n) is 8.94. The lowest BCUT2D eigenvalue weighted by Crippen LogP contribution is -2.42. The predicted molar refractivity (Wildman–Crippen MR) is 62.2 cm³/mol. The summed E-state index contributed by atoms with van der Waals surface area (Å²) in [6.07, 6.45) is 1.91. The molecule has 4 heteroatoms. The Morgan fingerprint density at radius 3 is 2.86 bits per heavy atom. The maximum atomic E-state index is 9.28. The number of hydrogen-bond donors (Lipinski definition) is 2. The molecule has 1 rings (SSSR count). The smallest absolute Gasteiger partial charge is 0.0742 e. The van der Waals surface area contributed by atoms with Crippen molar-refractivity contribution in [1.29, 1.82) is 0 Å². The summed E-state index contributed by atoms with van der Waals surface area (Å²) in [7, 11) is 0. The van der Waals surface area contributed by atoms with Crippen LogP contribution >= 0.6 is 12.2 Å². The van der Waals surface area contributed by atoms with E-state index in [-0.39, 0.29) is 6.61 Å². The van der Waals surface area contributed by atoms with Crippen molar-refractivity contribution in [1.82, 2.24) is 4.90 Å². The van der Waals surface area contributed by atoms with E-state index in [4.69, 9.17) is 18.0 Å². The van der Waals surface area contributed by atoms with Gasteiger partial charge in [0, 0.05) is 18.5 Å². The number of nitrogens with zero attached hydrogens (tertiary/aromatic N) is 1. The van der Waals surface area contributed by atoms with Crippen molar-refractivity contribution in [2.75, 3.05) is 13.2 Å². The second kappa shape index (κ2) is 5.05. The van der Waals surface area contributed by atoms with Gasteiger partial charge in [-0.25, -0.2) is 0 Å². The quantitative estimate of drug-likeness (QED) is 0.681. The summed E-state index contributed by atoms with van der Waals surface area (Å²) in [6.45, 7) is 5.60. The van der Waals surface area contributed by atoms with Gasteiger partial charge >= 0.3 is 0 Å². The number of likely N-dealkylation sites (tertiary alicyclic amines) is 1. The minimum Gasteiger partial charge on any atom is -0.395 e. The molecule has 3 nitrogen and oxygen atoms in total. The number of nitrogens with two attached hydrogens (primary N) is 1. The molecule has 82 valence electrons. The Hall–Kier alpha value is -0.190. The highest BCUT2D eigenvalue weighted by atomic mass is 32.1. The maximum absolute atomic E-state index is 9.28. The lowest BCUT2D eigenvalue weighted by Gasteiger charge is -2.30. The summed E-state index contributed by atoms with van der Waals surface area (Å²) in [4.78, 5) is 2.89. The second-order valence-corrected chi connectivity index (χ2v) is 4.80. The molecule has 1 fully saturated rings. The number of hydrogen-bond acceptors (Lipinski definition) is 3. The molecule has 3 unspecified atom stereocenters. The monoisotopic (exact) mass is 216 g/mol. The fourth-order valence-electron chi connectivity index (χ4n) is 2.28. The van der Waals surface area contributed by atoms with Crippen molar-refractivity contribution in [3.63, 3.8) is 0 Å². The molecule has 0 amide bonds. The van der Waals surface area contributed by atoms with Crippen molar-refractivity contribution in [2.45, 2.75) is 38.8 Å². The highest BCUT2D eigenvalue weighted by Crippen LogP contribution is 2.26. The standard InChI is InChI=1S/C10H20N2OS/c1-7-3-4-12(9(7)6-13)8(2)5-10(11)14/h7-9,13H,3-6H2,1-2H3,(H2,11,14). The van der Waals surface area contributed by atoms with Gasteiger partial charge in [0.25, 0.3) is 0 Å². The van der Waals surface area contributed by atoms with E-state index in [1.165, 1.54) is 0 Å². The number of aliphatic hydroxyl groups excluding tert-OH is 1. The van der Waals surface area contributed by atoms with E-state index < -0.39 is 0 Å². The van der Waals surface area contributed by atoms with E-state index in [0.717, 1.165) is 19.4 Å². The lowest BCUT2D eigenvalue weighted by molar-refractivity contribution is 0.111. The van der Waals surface area contributed by atoms with Crippen molar-refractivity contribution in [3.8, 4) is 0 Å². The van der Waals surface area contributed by atoms with Crippen LogP contribution in [0.5, 0.6) is 0 Å². The Kier molecular flexibility index (Phi) is 4.29. The van der Waals surface area contributed by atoms with E-state index in [0.29, 0.717) is 23.0 Å². The molecule has 0 radical (unpaired) electrons. The van der Waals surface area contributed by atoms with Crippen LogP contribution in [0.15, 0.2) is 0 Å². The first-order valence-corrected chi connectivity index (χ1v) is 5.62. The predicted octanol–water partition coefficient (Wildman–Crippen LogP) is 0.754. The number of thiocarbonyl (C=S) groups is 1. The van der Waals surface area contributed by atoms with Crippen LogP contribution in [0.4, 0.5) is 0 Å². The van der Waals surface area contributed by atoms with Crippen molar-refractivity contribution in [2.24, 2.45) is 11.7 Å². The van der Waals surface area contributed by atoms with E-state index in [1.54, 1.807) is 0 Å². The zero-order chi connectivity index (χ0) is 10.7. The number of rotatable bonds is 4. The Balaban J connectivity index is 2.54. The van der Waals surface area contributed by atoms with Gasteiger partial charge in [-0.3, -0.25) is 4.90 Å². The zero-order valence-corrected chi connectivity index (χ0v) is 9.76. The molecule has 0 aromatic heterocycles. The Morgan fingerprint density at radius 1 is 1.71 bits per heavy atom. The third kappa shape index (κ3) is 2.65. The molecular formula is C10H20N2OS. The molecule has 0 spiro atoms. The van der Waals surface area contributed by atoms with Crippen molar-refractivity contribution in [3.05, 3.63) is 0 Å². The first-order chi connectivity index (χ1) is 6.56. The molecule has 1 heterocycles. The summed E-state index contributed by atoms with van der Waals surface area (Å²) < 4.78 is 0. The highest BCUT2D eigenvalue weighted by Gasteiger charge is 2.33. The molecule has 14 heavy (non-hydrogen) atoms. The lowest BCUT2D eigenvalue weighted by atomic mass is 10.0. The highest BCUT2D eigenvalue weighted by molar-refractivity contribution is 7.80.